The second-order valence-electron chi connectivity index (χ2n) is 5.81. The fourth-order valence-electron chi connectivity index (χ4n) is 3.07. The Bertz CT molecular complexity index is 582. The van der Waals surface area contributed by atoms with Crippen LogP contribution in [0.3, 0.4) is 0 Å². The van der Waals surface area contributed by atoms with Gasteiger partial charge in [-0.05, 0) is 44.5 Å². The van der Waals surface area contributed by atoms with E-state index in [2.05, 4.69) is 47.7 Å². The molecule has 1 aliphatic heterocycles. The molecule has 0 unspecified atom stereocenters. The average Bonchev–Trinajstić information content (AvgIpc) is 2.76. The maximum atomic E-state index is 5.39. The molecule has 0 atom stereocenters. The molecule has 2 heterocycles. The molecule has 1 aromatic heterocycles. The van der Waals surface area contributed by atoms with Gasteiger partial charge in [-0.25, -0.2) is 0 Å². The summed E-state index contributed by atoms with van der Waals surface area (Å²) in [5, 5.41) is 1.37. The van der Waals surface area contributed by atoms with Crippen molar-refractivity contribution in [1.29, 1.82) is 0 Å². The van der Waals surface area contributed by atoms with Crippen LogP contribution < -0.4 is 0 Å². The summed E-state index contributed by atoms with van der Waals surface area (Å²) in [6, 6.07) is 9.05. The van der Waals surface area contributed by atoms with Crippen LogP contribution in [0.15, 0.2) is 24.3 Å². The minimum Gasteiger partial charge on any atom is -0.379 e. The number of ether oxygens (including phenoxy) is 1. The van der Waals surface area contributed by atoms with Crippen LogP contribution in [0.1, 0.15) is 17.7 Å². The van der Waals surface area contributed by atoms with Gasteiger partial charge < -0.3 is 9.30 Å². The lowest BCUT2D eigenvalue weighted by molar-refractivity contribution is 0.0374. The highest BCUT2D eigenvalue weighted by atomic mass is 16.5. The lowest BCUT2D eigenvalue weighted by atomic mass is 10.1. The fraction of sp³-hybridized carbons (Fsp3) is 0.529. The minimum absolute atomic E-state index is 0.896. The number of rotatable bonds is 4. The zero-order chi connectivity index (χ0) is 13.9. The summed E-state index contributed by atoms with van der Waals surface area (Å²) in [4.78, 5) is 2.51. The summed E-state index contributed by atoms with van der Waals surface area (Å²) < 4.78 is 7.73. The second-order valence-corrected chi connectivity index (χ2v) is 5.81. The largest absolute Gasteiger partial charge is 0.379 e. The van der Waals surface area contributed by atoms with Crippen LogP contribution in [-0.2, 0) is 18.2 Å². The van der Waals surface area contributed by atoms with Gasteiger partial charge in [0.25, 0.3) is 0 Å². The maximum Gasteiger partial charge on any atom is 0.0594 e. The van der Waals surface area contributed by atoms with Gasteiger partial charge in [0.15, 0.2) is 0 Å². The molecule has 1 fully saturated rings. The average molecular weight is 272 g/mol. The predicted octanol–water partition coefficient (Wildman–Crippen LogP) is 2.75. The molecule has 0 radical (unpaired) electrons. The first-order chi connectivity index (χ1) is 9.74. The van der Waals surface area contributed by atoms with Crippen LogP contribution in [-0.4, -0.2) is 42.3 Å². The van der Waals surface area contributed by atoms with Gasteiger partial charge in [-0.2, -0.15) is 0 Å². The molecule has 1 aromatic carbocycles. The molecule has 0 bridgehead atoms. The van der Waals surface area contributed by atoms with Gasteiger partial charge in [-0.1, -0.05) is 11.6 Å². The van der Waals surface area contributed by atoms with E-state index in [1.54, 1.807) is 0 Å². The number of aryl methyl sites for hydroxylation is 3. The lowest BCUT2D eigenvalue weighted by Gasteiger charge is -2.26. The Morgan fingerprint density at radius 1 is 1.15 bits per heavy atom. The van der Waals surface area contributed by atoms with Gasteiger partial charge in [-0.15, -0.1) is 0 Å². The molecular weight excluding hydrogens is 248 g/mol. The Morgan fingerprint density at radius 2 is 1.95 bits per heavy atom. The van der Waals surface area contributed by atoms with Crippen LogP contribution >= 0.6 is 0 Å². The van der Waals surface area contributed by atoms with E-state index in [1.165, 1.54) is 35.1 Å². The molecule has 0 amide bonds. The smallest absolute Gasteiger partial charge is 0.0594 e. The highest BCUT2D eigenvalue weighted by Gasteiger charge is 2.10. The van der Waals surface area contributed by atoms with Gasteiger partial charge in [0.05, 0.1) is 13.2 Å². The SMILES string of the molecule is Cc1ccc2c(c1)cc(CCCN1CCOCC1)n2C. The van der Waals surface area contributed by atoms with Gasteiger partial charge in [0.2, 0.25) is 0 Å². The quantitative estimate of drug-likeness (QED) is 0.851. The van der Waals surface area contributed by atoms with E-state index in [9.17, 15) is 0 Å². The third-order valence-electron chi connectivity index (χ3n) is 4.31. The minimum atomic E-state index is 0.896. The first-order valence-electron chi connectivity index (χ1n) is 7.59. The Labute approximate surface area is 121 Å². The number of morpholine rings is 1. The van der Waals surface area contributed by atoms with Gasteiger partial charge in [0, 0.05) is 36.7 Å². The van der Waals surface area contributed by atoms with Crippen molar-refractivity contribution in [3.63, 3.8) is 0 Å². The number of nitrogens with zero attached hydrogens (tertiary/aromatic N) is 2. The second kappa shape index (κ2) is 5.98. The topological polar surface area (TPSA) is 17.4 Å². The molecule has 3 nitrogen and oxygen atoms in total. The van der Waals surface area contributed by atoms with E-state index in [4.69, 9.17) is 4.74 Å². The summed E-state index contributed by atoms with van der Waals surface area (Å²) in [7, 11) is 2.18. The number of benzene rings is 1. The Kier molecular flexibility index (Phi) is 4.08. The zero-order valence-corrected chi connectivity index (χ0v) is 12.6. The van der Waals surface area contributed by atoms with Gasteiger partial charge in [-0.3, -0.25) is 4.90 Å². The first kappa shape index (κ1) is 13.7. The van der Waals surface area contributed by atoms with Crippen molar-refractivity contribution in [2.24, 2.45) is 7.05 Å². The van der Waals surface area contributed by atoms with Gasteiger partial charge >= 0.3 is 0 Å². The third-order valence-corrected chi connectivity index (χ3v) is 4.31. The molecule has 0 saturated carbocycles. The van der Waals surface area contributed by atoms with Crippen molar-refractivity contribution in [2.75, 3.05) is 32.8 Å². The Morgan fingerprint density at radius 3 is 2.75 bits per heavy atom. The van der Waals surface area contributed by atoms with E-state index in [1.807, 2.05) is 0 Å². The molecule has 1 aliphatic rings. The monoisotopic (exact) mass is 272 g/mol. The fourth-order valence-corrected chi connectivity index (χ4v) is 3.07. The maximum absolute atomic E-state index is 5.39. The van der Waals surface area contributed by atoms with E-state index in [0.29, 0.717) is 0 Å². The summed E-state index contributed by atoms with van der Waals surface area (Å²) in [5.74, 6) is 0. The lowest BCUT2D eigenvalue weighted by Crippen LogP contribution is -2.37. The van der Waals surface area contributed by atoms with E-state index in [0.717, 1.165) is 32.7 Å². The van der Waals surface area contributed by atoms with Crippen molar-refractivity contribution in [2.45, 2.75) is 19.8 Å². The van der Waals surface area contributed by atoms with Crippen molar-refractivity contribution in [1.82, 2.24) is 9.47 Å². The van der Waals surface area contributed by atoms with E-state index in [-0.39, 0.29) is 0 Å². The molecule has 1 saturated heterocycles. The molecule has 0 aliphatic carbocycles. The van der Waals surface area contributed by atoms with Crippen molar-refractivity contribution in [3.05, 3.63) is 35.5 Å². The zero-order valence-electron chi connectivity index (χ0n) is 12.6. The first-order valence-corrected chi connectivity index (χ1v) is 7.59. The van der Waals surface area contributed by atoms with Crippen molar-refractivity contribution >= 4 is 10.9 Å². The summed E-state index contributed by atoms with van der Waals surface area (Å²) in [5.41, 5.74) is 4.12. The van der Waals surface area contributed by atoms with Crippen LogP contribution in [0.2, 0.25) is 0 Å². The number of hydrogen-bond donors (Lipinski definition) is 0. The highest BCUT2D eigenvalue weighted by Crippen LogP contribution is 2.21. The van der Waals surface area contributed by atoms with Crippen LogP contribution in [0, 0.1) is 6.92 Å². The van der Waals surface area contributed by atoms with Crippen molar-refractivity contribution < 1.29 is 4.74 Å². The molecule has 0 N–H and O–H groups in total. The molecule has 2 aromatic rings. The molecule has 3 heteroatoms. The predicted molar refractivity (Wildman–Crippen MR) is 83.2 cm³/mol. The summed E-state index contributed by atoms with van der Waals surface area (Å²) in [6.45, 7) is 7.32. The van der Waals surface area contributed by atoms with Crippen molar-refractivity contribution in [3.8, 4) is 0 Å². The summed E-state index contributed by atoms with van der Waals surface area (Å²) >= 11 is 0. The third kappa shape index (κ3) is 2.89. The molecule has 0 spiro atoms. The highest BCUT2D eigenvalue weighted by molar-refractivity contribution is 5.82. The number of fused-ring (bicyclic) bond motifs is 1. The number of aromatic nitrogens is 1. The summed E-state index contributed by atoms with van der Waals surface area (Å²) in [6.07, 6.45) is 2.38. The molecular formula is C17H24N2O. The Balaban J connectivity index is 1.63. The number of hydrogen-bond acceptors (Lipinski definition) is 2. The van der Waals surface area contributed by atoms with E-state index < -0.39 is 0 Å². The normalized spacial score (nSPS) is 16.9. The molecule has 108 valence electrons. The van der Waals surface area contributed by atoms with Gasteiger partial charge in [0.1, 0.15) is 0 Å². The van der Waals surface area contributed by atoms with E-state index >= 15 is 0 Å². The molecule has 20 heavy (non-hydrogen) atoms. The molecule has 3 rings (SSSR count). The van der Waals surface area contributed by atoms with Crippen LogP contribution in [0.4, 0.5) is 0 Å². The van der Waals surface area contributed by atoms with Crippen LogP contribution in [0.5, 0.6) is 0 Å². The Hall–Kier alpha value is -1.32. The standard InChI is InChI=1S/C17H24N2O/c1-14-5-6-17-15(12-14)13-16(18(17)2)4-3-7-19-8-10-20-11-9-19/h5-6,12-13H,3-4,7-11H2,1-2H3. The van der Waals surface area contributed by atoms with Crippen LogP contribution in [0.25, 0.3) is 10.9 Å².